The molecule has 1 aliphatic rings. The van der Waals surface area contributed by atoms with Crippen LogP contribution in [0.3, 0.4) is 0 Å². The lowest BCUT2D eigenvalue weighted by Crippen LogP contribution is -2.56. The monoisotopic (exact) mass is 244 g/mol. The average molecular weight is 244 g/mol. The Morgan fingerprint density at radius 2 is 1.88 bits per heavy atom. The highest BCUT2D eigenvalue weighted by atomic mass is 19.1. The average Bonchev–Trinajstić information content (AvgIpc) is 2.38. The van der Waals surface area contributed by atoms with Gasteiger partial charge in [-0.15, -0.1) is 0 Å². The van der Waals surface area contributed by atoms with Crippen LogP contribution < -0.4 is 5.73 Å². The Hall–Kier alpha value is -0.150. The van der Waals surface area contributed by atoms with E-state index in [1.54, 1.807) is 0 Å². The van der Waals surface area contributed by atoms with E-state index in [0.717, 1.165) is 31.7 Å². The van der Waals surface area contributed by atoms with Gasteiger partial charge in [0, 0.05) is 18.6 Å². The first-order valence-corrected chi connectivity index (χ1v) is 7.23. The van der Waals surface area contributed by atoms with Gasteiger partial charge >= 0.3 is 0 Å². The molecule has 0 aromatic heterocycles. The predicted molar refractivity (Wildman–Crippen MR) is 71.9 cm³/mol. The lowest BCUT2D eigenvalue weighted by Gasteiger charge is -2.47. The first-order valence-electron chi connectivity index (χ1n) is 7.23. The quantitative estimate of drug-likeness (QED) is 0.746. The molecule has 1 fully saturated rings. The molecular weight excluding hydrogens is 215 g/mol. The molecule has 0 aromatic rings. The van der Waals surface area contributed by atoms with Crippen molar-refractivity contribution in [2.75, 3.05) is 26.3 Å². The molecule has 0 unspecified atom stereocenters. The molecule has 0 heterocycles. The van der Waals surface area contributed by atoms with Crippen molar-refractivity contribution in [1.29, 1.82) is 0 Å². The van der Waals surface area contributed by atoms with Crippen molar-refractivity contribution >= 4 is 0 Å². The van der Waals surface area contributed by atoms with Crippen LogP contribution in [0.4, 0.5) is 4.39 Å². The fourth-order valence-electron chi connectivity index (χ4n) is 3.23. The van der Waals surface area contributed by atoms with Crippen LogP contribution in [0, 0.1) is 5.92 Å². The van der Waals surface area contributed by atoms with Crippen LogP contribution in [0.2, 0.25) is 0 Å². The molecular formula is C14H29FN2. The van der Waals surface area contributed by atoms with E-state index >= 15 is 0 Å². The van der Waals surface area contributed by atoms with Gasteiger partial charge in [-0.05, 0) is 44.6 Å². The second-order valence-corrected chi connectivity index (χ2v) is 5.46. The van der Waals surface area contributed by atoms with Gasteiger partial charge in [0.25, 0.3) is 0 Å². The second-order valence-electron chi connectivity index (χ2n) is 5.46. The fraction of sp³-hybridized carbons (Fsp3) is 1.00. The van der Waals surface area contributed by atoms with Gasteiger partial charge in [-0.25, -0.2) is 4.39 Å². The molecule has 0 aromatic carbocycles. The molecule has 2 nitrogen and oxygen atoms in total. The highest BCUT2D eigenvalue weighted by Gasteiger charge is 2.38. The zero-order valence-electron chi connectivity index (χ0n) is 11.6. The first kappa shape index (κ1) is 14.9. The van der Waals surface area contributed by atoms with Crippen LogP contribution in [0.5, 0.6) is 0 Å². The van der Waals surface area contributed by atoms with Gasteiger partial charge in [0.2, 0.25) is 0 Å². The predicted octanol–water partition coefficient (Wildman–Crippen LogP) is 2.97. The van der Waals surface area contributed by atoms with E-state index in [-0.39, 0.29) is 12.2 Å². The van der Waals surface area contributed by atoms with Crippen LogP contribution >= 0.6 is 0 Å². The molecule has 17 heavy (non-hydrogen) atoms. The van der Waals surface area contributed by atoms with E-state index in [9.17, 15) is 4.39 Å². The SMILES string of the molecule is CCCN(CCF)C1(CN)CCC(CC)CC1. The molecule has 1 rings (SSSR count). The minimum atomic E-state index is -0.251. The molecule has 3 heteroatoms. The summed E-state index contributed by atoms with van der Waals surface area (Å²) in [5.74, 6) is 0.864. The van der Waals surface area contributed by atoms with Crippen LogP contribution in [0.15, 0.2) is 0 Å². The van der Waals surface area contributed by atoms with Crippen molar-refractivity contribution in [1.82, 2.24) is 4.90 Å². The second kappa shape index (κ2) is 7.32. The summed E-state index contributed by atoms with van der Waals surface area (Å²) in [7, 11) is 0. The Kier molecular flexibility index (Phi) is 6.42. The topological polar surface area (TPSA) is 29.3 Å². The summed E-state index contributed by atoms with van der Waals surface area (Å²) in [6.07, 6.45) is 7.20. The van der Waals surface area contributed by atoms with E-state index in [2.05, 4.69) is 18.7 Å². The molecule has 0 atom stereocenters. The molecule has 0 spiro atoms. The molecule has 0 amide bonds. The zero-order chi connectivity index (χ0) is 12.7. The van der Waals surface area contributed by atoms with Crippen LogP contribution in [-0.4, -0.2) is 36.7 Å². The first-order chi connectivity index (χ1) is 8.22. The van der Waals surface area contributed by atoms with Crippen molar-refractivity contribution < 1.29 is 4.39 Å². The largest absolute Gasteiger partial charge is 0.329 e. The van der Waals surface area contributed by atoms with Crippen molar-refractivity contribution in [3.63, 3.8) is 0 Å². The number of halogens is 1. The normalized spacial score (nSPS) is 29.8. The third kappa shape index (κ3) is 3.65. The summed E-state index contributed by atoms with van der Waals surface area (Å²) in [5, 5.41) is 0. The van der Waals surface area contributed by atoms with Crippen molar-refractivity contribution in [3.8, 4) is 0 Å². The summed E-state index contributed by atoms with van der Waals surface area (Å²) in [6, 6.07) is 0. The lowest BCUT2D eigenvalue weighted by atomic mass is 9.74. The Morgan fingerprint density at radius 3 is 2.29 bits per heavy atom. The number of rotatable bonds is 7. The molecule has 0 aliphatic heterocycles. The molecule has 0 bridgehead atoms. The smallest absolute Gasteiger partial charge is 0.102 e. The van der Waals surface area contributed by atoms with Crippen molar-refractivity contribution in [3.05, 3.63) is 0 Å². The Labute approximate surface area is 106 Å². The van der Waals surface area contributed by atoms with Crippen LogP contribution in [0.1, 0.15) is 52.4 Å². The standard InChI is InChI=1S/C14H29FN2/c1-3-10-17(11-9-15)14(12-16)7-5-13(4-2)6-8-14/h13H,3-12,16H2,1-2H3. The summed E-state index contributed by atoms with van der Waals surface area (Å²) < 4.78 is 12.7. The number of alkyl halides is 1. The number of nitrogens with zero attached hydrogens (tertiary/aromatic N) is 1. The summed E-state index contributed by atoms with van der Waals surface area (Å²) in [6.45, 7) is 6.40. The number of hydrogen-bond donors (Lipinski definition) is 1. The van der Waals surface area contributed by atoms with Gasteiger partial charge in [-0.2, -0.15) is 0 Å². The Bertz CT molecular complexity index is 194. The van der Waals surface area contributed by atoms with Gasteiger partial charge in [-0.1, -0.05) is 20.3 Å². The fourth-order valence-corrected chi connectivity index (χ4v) is 3.23. The number of hydrogen-bond acceptors (Lipinski definition) is 2. The molecule has 1 aliphatic carbocycles. The van der Waals surface area contributed by atoms with Gasteiger partial charge < -0.3 is 5.73 Å². The maximum absolute atomic E-state index is 12.7. The Balaban J connectivity index is 2.65. The van der Waals surface area contributed by atoms with Crippen LogP contribution in [0.25, 0.3) is 0 Å². The highest BCUT2D eigenvalue weighted by molar-refractivity contribution is 4.95. The van der Waals surface area contributed by atoms with Crippen molar-refractivity contribution in [2.45, 2.75) is 57.9 Å². The Morgan fingerprint density at radius 1 is 1.24 bits per heavy atom. The van der Waals surface area contributed by atoms with Gasteiger partial charge in [-0.3, -0.25) is 4.90 Å². The van der Waals surface area contributed by atoms with Crippen molar-refractivity contribution in [2.24, 2.45) is 11.7 Å². The summed E-state index contributed by atoms with van der Waals surface area (Å²) in [5.41, 5.74) is 6.11. The molecule has 0 radical (unpaired) electrons. The maximum atomic E-state index is 12.7. The van der Waals surface area contributed by atoms with Gasteiger partial charge in [0.15, 0.2) is 0 Å². The molecule has 0 saturated heterocycles. The molecule has 102 valence electrons. The third-order valence-corrected chi connectivity index (χ3v) is 4.51. The third-order valence-electron chi connectivity index (χ3n) is 4.51. The lowest BCUT2D eigenvalue weighted by molar-refractivity contribution is 0.0368. The van der Waals surface area contributed by atoms with Gasteiger partial charge in [0.1, 0.15) is 6.67 Å². The summed E-state index contributed by atoms with van der Waals surface area (Å²) >= 11 is 0. The van der Waals surface area contributed by atoms with E-state index in [4.69, 9.17) is 5.73 Å². The van der Waals surface area contributed by atoms with E-state index in [1.165, 1.54) is 19.3 Å². The van der Waals surface area contributed by atoms with Crippen LogP contribution in [-0.2, 0) is 0 Å². The zero-order valence-corrected chi connectivity index (χ0v) is 11.6. The number of nitrogens with two attached hydrogens (primary N) is 1. The molecule has 1 saturated carbocycles. The summed E-state index contributed by atoms with van der Waals surface area (Å²) in [4.78, 5) is 2.32. The minimum absolute atomic E-state index is 0.0910. The highest BCUT2D eigenvalue weighted by Crippen LogP contribution is 2.37. The van der Waals surface area contributed by atoms with Gasteiger partial charge in [0.05, 0.1) is 0 Å². The maximum Gasteiger partial charge on any atom is 0.102 e. The minimum Gasteiger partial charge on any atom is -0.329 e. The molecule has 2 N–H and O–H groups in total. The van der Waals surface area contributed by atoms with E-state index in [1.807, 2.05) is 0 Å². The van der Waals surface area contributed by atoms with E-state index in [0.29, 0.717) is 13.1 Å². The van der Waals surface area contributed by atoms with E-state index < -0.39 is 0 Å².